The standard InChI is InChI=1S/C15H9BrFN3O/c16-10-6-7-13(17)12(8-10)15(21)14-9-18-19-20(14)11-4-2-1-3-5-11/h1-9H. The van der Waals surface area contributed by atoms with E-state index in [1.54, 1.807) is 18.2 Å². The third kappa shape index (κ3) is 2.62. The molecule has 6 heteroatoms. The zero-order valence-corrected chi connectivity index (χ0v) is 12.3. The highest BCUT2D eigenvalue weighted by molar-refractivity contribution is 9.10. The van der Waals surface area contributed by atoms with E-state index in [2.05, 4.69) is 26.2 Å². The van der Waals surface area contributed by atoms with Crippen molar-refractivity contribution >= 4 is 21.7 Å². The van der Waals surface area contributed by atoms with Crippen molar-refractivity contribution in [2.75, 3.05) is 0 Å². The fraction of sp³-hybridized carbons (Fsp3) is 0. The number of rotatable bonds is 3. The Morgan fingerprint density at radius 1 is 1.14 bits per heavy atom. The number of aromatic nitrogens is 3. The lowest BCUT2D eigenvalue weighted by Crippen LogP contribution is -2.11. The van der Waals surface area contributed by atoms with Crippen LogP contribution in [0.25, 0.3) is 5.69 Å². The van der Waals surface area contributed by atoms with Gasteiger partial charge in [-0.25, -0.2) is 9.07 Å². The summed E-state index contributed by atoms with van der Waals surface area (Å²) in [4.78, 5) is 12.5. The molecule has 0 spiro atoms. The molecule has 0 amide bonds. The van der Waals surface area contributed by atoms with E-state index >= 15 is 0 Å². The molecule has 3 rings (SSSR count). The van der Waals surface area contributed by atoms with Gasteiger partial charge in [0.2, 0.25) is 5.78 Å². The summed E-state index contributed by atoms with van der Waals surface area (Å²) in [6.07, 6.45) is 1.33. The predicted octanol–water partition coefficient (Wildman–Crippen LogP) is 3.40. The van der Waals surface area contributed by atoms with Crippen LogP contribution >= 0.6 is 15.9 Å². The van der Waals surface area contributed by atoms with Crippen molar-refractivity contribution in [1.29, 1.82) is 0 Å². The fourth-order valence-corrected chi connectivity index (χ4v) is 2.32. The van der Waals surface area contributed by atoms with Gasteiger partial charge in [0.05, 0.1) is 17.4 Å². The van der Waals surface area contributed by atoms with E-state index in [-0.39, 0.29) is 11.3 Å². The number of carbonyl (C=O) groups is 1. The summed E-state index contributed by atoms with van der Waals surface area (Å²) in [6, 6.07) is 13.3. The number of halogens is 2. The molecule has 4 nitrogen and oxygen atoms in total. The van der Waals surface area contributed by atoms with Crippen LogP contribution < -0.4 is 0 Å². The Balaban J connectivity index is 2.08. The van der Waals surface area contributed by atoms with E-state index in [1.165, 1.54) is 23.0 Å². The number of hydrogen-bond donors (Lipinski definition) is 0. The maximum atomic E-state index is 13.9. The highest BCUT2D eigenvalue weighted by Gasteiger charge is 2.20. The number of carbonyl (C=O) groups excluding carboxylic acids is 1. The van der Waals surface area contributed by atoms with Gasteiger partial charge < -0.3 is 0 Å². The first-order valence-electron chi connectivity index (χ1n) is 6.12. The first kappa shape index (κ1) is 13.6. The maximum Gasteiger partial charge on any atom is 0.216 e. The molecule has 3 aromatic rings. The summed E-state index contributed by atoms with van der Waals surface area (Å²) in [6.45, 7) is 0. The first-order chi connectivity index (χ1) is 10.2. The van der Waals surface area contributed by atoms with Crippen molar-refractivity contribution < 1.29 is 9.18 Å². The minimum atomic E-state index is -0.580. The molecule has 2 aromatic carbocycles. The van der Waals surface area contributed by atoms with Crippen molar-refractivity contribution in [1.82, 2.24) is 15.0 Å². The molecule has 0 bridgehead atoms. The van der Waals surface area contributed by atoms with Gasteiger partial charge in [-0.1, -0.05) is 39.3 Å². The quantitative estimate of drug-likeness (QED) is 0.683. The minimum absolute atomic E-state index is 0.0242. The topological polar surface area (TPSA) is 47.8 Å². The molecule has 21 heavy (non-hydrogen) atoms. The van der Waals surface area contributed by atoms with Gasteiger partial charge in [-0.2, -0.15) is 0 Å². The summed E-state index contributed by atoms with van der Waals surface area (Å²) in [5, 5.41) is 7.65. The van der Waals surface area contributed by atoms with Crippen molar-refractivity contribution in [2.24, 2.45) is 0 Å². The molecular formula is C15H9BrFN3O. The highest BCUT2D eigenvalue weighted by atomic mass is 79.9. The number of para-hydroxylation sites is 1. The van der Waals surface area contributed by atoms with Gasteiger partial charge in [0.25, 0.3) is 0 Å². The van der Waals surface area contributed by atoms with Gasteiger partial charge >= 0.3 is 0 Å². The zero-order chi connectivity index (χ0) is 14.8. The summed E-state index contributed by atoms with van der Waals surface area (Å²) < 4.78 is 15.9. The molecule has 0 unspecified atom stereocenters. The van der Waals surface area contributed by atoms with Gasteiger partial charge in [-0.3, -0.25) is 4.79 Å². The number of ketones is 1. The van der Waals surface area contributed by atoms with Gasteiger partial charge in [-0.05, 0) is 30.3 Å². The van der Waals surface area contributed by atoms with E-state index in [0.29, 0.717) is 10.2 Å². The Kier molecular flexibility index (Phi) is 3.62. The third-order valence-electron chi connectivity index (χ3n) is 2.96. The zero-order valence-electron chi connectivity index (χ0n) is 10.7. The summed E-state index contributed by atoms with van der Waals surface area (Å²) in [7, 11) is 0. The van der Waals surface area contributed by atoms with E-state index in [0.717, 1.165) is 0 Å². The molecular weight excluding hydrogens is 337 g/mol. The van der Waals surface area contributed by atoms with Gasteiger partial charge in [0, 0.05) is 4.47 Å². The summed E-state index contributed by atoms with van der Waals surface area (Å²) in [5.41, 5.74) is 0.871. The molecule has 0 aliphatic rings. The van der Waals surface area contributed by atoms with Crippen LogP contribution in [0.2, 0.25) is 0 Å². The molecule has 0 saturated carbocycles. The van der Waals surface area contributed by atoms with Crippen molar-refractivity contribution in [2.45, 2.75) is 0 Å². The van der Waals surface area contributed by atoms with Crippen molar-refractivity contribution in [3.05, 3.63) is 76.3 Å². The normalized spacial score (nSPS) is 10.6. The second-order valence-corrected chi connectivity index (χ2v) is 5.24. The lowest BCUT2D eigenvalue weighted by atomic mass is 10.1. The highest BCUT2D eigenvalue weighted by Crippen LogP contribution is 2.19. The van der Waals surface area contributed by atoms with E-state index < -0.39 is 11.6 Å². The number of benzene rings is 2. The maximum absolute atomic E-state index is 13.9. The SMILES string of the molecule is O=C(c1cc(Br)ccc1F)c1cnnn1-c1ccccc1. The molecule has 0 radical (unpaired) electrons. The monoisotopic (exact) mass is 345 g/mol. The lowest BCUT2D eigenvalue weighted by molar-refractivity contribution is 0.102. The van der Waals surface area contributed by atoms with Crippen LogP contribution in [0.15, 0.2) is 59.2 Å². The molecule has 0 aliphatic carbocycles. The molecule has 0 fully saturated rings. The van der Waals surface area contributed by atoms with E-state index in [9.17, 15) is 9.18 Å². The molecule has 0 saturated heterocycles. The largest absolute Gasteiger partial charge is 0.287 e. The van der Waals surface area contributed by atoms with Gasteiger partial charge in [0.15, 0.2) is 0 Å². The number of hydrogen-bond acceptors (Lipinski definition) is 3. The second-order valence-electron chi connectivity index (χ2n) is 4.32. The van der Waals surface area contributed by atoms with Crippen molar-refractivity contribution in [3.8, 4) is 5.69 Å². The summed E-state index contributed by atoms with van der Waals surface area (Å²) in [5.74, 6) is -1.05. The average Bonchev–Trinajstić information content (AvgIpc) is 2.99. The van der Waals surface area contributed by atoms with E-state index in [4.69, 9.17) is 0 Å². The Bertz CT molecular complexity index is 802. The summed E-state index contributed by atoms with van der Waals surface area (Å²) >= 11 is 3.23. The van der Waals surface area contributed by atoms with Crippen LogP contribution in [0.3, 0.4) is 0 Å². The Morgan fingerprint density at radius 3 is 2.67 bits per heavy atom. The molecule has 1 heterocycles. The molecule has 0 N–H and O–H groups in total. The Labute approximate surface area is 128 Å². The van der Waals surface area contributed by atoms with Crippen LogP contribution in [-0.4, -0.2) is 20.8 Å². The van der Waals surface area contributed by atoms with E-state index in [1.807, 2.05) is 18.2 Å². The fourth-order valence-electron chi connectivity index (χ4n) is 1.96. The second kappa shape index (κ2) is 5.57. The molecule has 104 valence electrons. The third-order valence-corrected chi connectivity index (χ3v) is 3.45. The molecule has 0 aliphatic heterocycles. The van der Waals surface area contributed by atoms with Crippen molar-refractivity contribution in [3.63, 3.8) is 0 Å². The molecule has 1 aromatic heterocycles. The van der Waals surface area contributed by atoms with Crippen LogP contribution in [0, 0.1) is 5.82 Å². The predicted molar refractivity (Wildman–Crippen MR) is 78.9 cm³/mol. The average molecular weight is 346 g/mol. The van der Waals surface area contributed by atoms with Gasteiger partial charge in [0.1, 0.15) is 11.5 Å². The number of nitrogens with zero attached hydrogens (tertiary/aromatic N) is 3. The van der Waals surface area contributed by atoms with Crippen LogP contribution in [0.5, 0.6) is 0 Å². The Hall–Kier alpha value is -2.34. The molecule has 0 atom stereocenters. The van der Waals surface area contributed by atoms with Gasteiger partial charge in [-0.15, -0.1) is 5.10 Å². The first-order valence-corrected chi connectivity index (χ1v) is 6.92. The lowest BCUT2D eigenvalue weighted by Gasteiger charge is -2.06. The smallest absolute Gasteiger partial charge is 0.216 e. The Morgan fingerprint density at radius 2 is 1.90 bits per heavy atom. The van der Waals surface area contributed by atoms with Crippen LogP contribution in [0.4, 0.5) is 4.39 Å². The van der Waals surface area contributed by atoms with Crippen LogP contribution in [0.1, 0.15) is 16.1 Å². The van der Waals surface area contributed by atoms with Crippen LogP contribution in [-0.2, 0) is 0 Å². The minimum Gasteiger partial charge on any atom is -0.287 e.